The highest BCUT2D eigenvalue weighted by atomic mass is 16.5. The Hall–Kier alpha value is -3.61. The van der Waals surface area contributed by atoms with Gasteiger partial charge in [-0.1, -0.05) is 36.4 Å². The molecule has 3 aromatic rings. The van der Waals surface area contributed by atoms with Crippen LogP contribution in [0.2, 0.25) is 0 Å². The minimum absolute atomic E-state index is 0.0265. The van der Waals surface area contributed by atoms with Crippen LogP contribution in [0.4, 0.5) is 11.4 Å². The summed E-state index contributed by atoms with van der Waals surface area (Å²) in [6.07, 6.45) is 7.58. The number of hydrogen-bond acceptors (Lipinski definition) is 5. The van der Waals surface area contributed by atoms with Gasteiger partial charge in [0.2, 0.25) is 0 Å². The Labute approximate surface area is 250 Å². The van der Waals surface area contributed by atoms with Crippen molar-refractivity contribution in [3.05, 3.63) is 83.4 Å². The van der Waals surface area contributed by atoms with Gasteiger partial charge in [-0.3, -0.25) is 9.69 Å². The summed E-state index contributed by atoms with van der Waals surface area (Å²) in [5.74, 6) is 1.62. The number of anilines is 2. The largest absolute Gasteiger partial charge is 0.493 e. The molecular formula is C36H43N3O3. The number of rotatable bonds is 10. The van der Waals surface area contributed by atoms with E-state index in [4.69, 9.17) is 9.47 Å². The van der Waals surface area contributed by atoms with Crippen LogP contribution in [0, 0.1) is 5.92 Å². The van der Waals surface area contributed by atoms with Crippen molar-refractivity contribution in [3.8, 4) is 16.9 Å². The van der Waals surface area contributed by atoms with E-state index in [1.54, 1.807) is 0 Å². The van der Waals surface area contributed by atoms with Gasteiger partial charge in [-0.2, -0.15) is 0 Å². The fourth-order valence-corrected chi connectivity index (χ4v) is 6.18. The molecule has 0 spiro atoms. The second-order valence-electron chi connectivity index (χ2n) is 11.9. The predicted molar refractivity (Wildman–Crippen MR) is 171 cm³/mol. The Balaban J connectivity index is 1.20. The highest BCUT2D eigenvalue weighted by Gasteiger charge is 2.27. The molecule has 0 unspecified atom stereocenters. The Bertz CT molecular complexity index is 1410. The summed E-state index contributed by atoms with van der Waals surface area (Å²) in [7, 11) is 2.19. The topological polar surface area (TPSA) is 54.0 Å². The number of para-hydroxylation sites is 1. The molecule has 3 aliphatic rings. The van der Waals surface area contributed by atoms with Gasteiger partial charge in [0.1, 0.15) is 5.75 Å². The number of benzene rings is 3. The lowest BCUT2D eigenvalue weighted by molar-refractivity contribution is -0.112. The van der Waals surface area contributed by atoms with Gasteiger partial charge in [0.05, 0.1) is 6.61 Å². The van der Waals surface area contributed by atoms with Crippen LogP contribution in [-0.4, -0.2) is 56.8 Å². The van der Waals surface area contributed by atoms with Crippen LogP contribution in [-0.2, 0) is 16.1 Å². The van der Waals surface area contributed by atoms with Gasteiger partial charge in [0.15, 0.2) is 0 Å². The first-order chi connectivity index (χ1) is 20.6. The van der Waals surface area contributed by atoms with E-state index < -0.39 is 0 Å². The van der Waals surface area contributed by atoms with Crippen molar-refractivity contribution in [3.63, 3.8) is 0 Å². The van der Waals surface area contributed by atoms with Crippen LogP contribution in [0.15, 0.2) is 72.3 Å². The first kappa shape index (κ1) is 28.5. The zero-order valence-corrected chi connectivity index (χ0v) is 25.0. The second-order valence-corrected chi connectivity index (χ2v) is 11.9. The summed E-state index contributed by atoms with van der Waals surface area (Å²) in [5, 5.41) is 3.18. The first-order valence-corrected chi connectivity index (χ1v) is 15.6. The van der Waals surface area contributed by atoms with E-state index in [1.807, 2.05) is 37.3 Å². The molecule has 2 heterocycles. The maximum absolute atomic E-state index is 13.6. The third kappa shape index (κ3) is 6.88. The monoisotopic (exact) mass is 565 g/mol. The fourth-order valence-electron chi connectivity index (χ4n) is 6.18. The highest BCUT2D eigenvalue weighted by Crippen LogP contribution is 2.38. The standard InChI is InChI=1S/C36H43N3O3/c1-3-42-35-7-5-4-6-33(35)28-12-15-34-30(22-28)23-29(16-19-39(34)25-27-8-9-27)36(40)37-31-13-10-26(11-14-31)24-38(2)32-17-20-41-21-18-32/h4-7,10-15,22-23,27,32H,3,8-9,16-21,24-25H2,1-2H3,(H,37,40). The van der Waals surface area contributed by atoms with Gasteiger partial charge in [0.25, 0.3) is 5.91 Å². The summed E-state index contributed by atoms with van der Waals surface area (Å²) in [5.41, 5.74) is 7.37. The smallest absolute Gasteiger partial charge is 0.251 e. The van der Waals surface area contributed by atoms with Gasteiger partial charge in [-0.15, -0.1) is 0 Å². The van der Waals surface area contributed by atoms with Crippen LogP contribution in [0.3, 0.4) is 0 Å². The molecule has 0 bridgehead atoms. The molecule has 42 heavy (non-hydrogen) atoms. The second kappa shape index (κ2) is 13.1. The third-order valence-corrected chi connectivity index (χ3v) is 8.77. The molecule has 6 rings (SSSR count). The third-order valence-electron chi connectivity index (χ3n) is 8.77. The van der Waals surface area contributed by atoms with Crippen molar-refractivity contribution in [2.24, 2.45) is 5.92 Å². The molecule has 1 saturated carbocycles. The molecule has 1 saturated heterocycles. The van der Waals surface area contributed by atoms with Crippen LogP contribution in [0.5, 0.6) is 5.75 Å². The van der Waals surface area contributed by atoms with Crippen LogP contribution in [0.1, 0.15) is 50.2 Å². The van der Waals surface area contributed by atoms with E-state index in [-0.39, 0.29) is 5.91 Å². The number of hydrogen-bond donors (Lipinski definition) is 1. The summed E-state index contributed by atoms with van der Waals surface area (Å²) < 4.78 is 11.4. The summed E-state index contributed by atoms with van der Waals surface area (Å²) in [4.78, 5) is 18.5. The van der Waals surface area contributed by atoms with Crippen LogP contribution in [0.25, 0.3) is 17.2 Å². The van der Waals surface area contributed by atoms with Gasteiger partial charge in [-0.05, 0) is 105 Å². The van der Waals surface area contributed by atoms with Crippen molar-refractivity contribution in [1.82, 2.24) is 4.90 Å². The lowest BCUT2D eigenvalue weighted by Crippen LogP contribution is -2.36. The molecule has 1 N–H and O–H groups in total. The summed E-state index contributed by atoms with van der Waals surface area (Å²) >= 11 is 0. The average Bonchev–Trinajstić information content (AvgIpc) is 3.86. The SMILES string of the molecule is CCOc1ccccc1-c1ccc2c(c1)C=C(C(=O)Nc1ccc(CN(C)C3CCOCC3)cc1)CCN2CC1CC1. The summed E-state index contributed by atoms with van der Waals surface area (Å²) in [6, 6.07) is 23.7. The molecule has 6 heteroatoms. The fraction of sp³-hybridized carbons (Fsp3) is 0.417. The molecule has 220 valence electrons. The van der Waals surface area contributed by atoms with E-state index in [1.165, 1.54) is 24.1 Å². The first-order valence-electron chi connectivity index (χ1n) is 15.6. The molecule has 3 aromatic carbocycles. The minimum Gasteiger partial charge on any atom is -0.493 e. The maximum atomic E-state index is 13.6. The lowest BCUT2D eigenvalue weighted by Gasteiger charge is -2.31. The van der Waals surface area contributed by atoms with Crippen molar-refractivity contribution in [1.29, 1.82) is 0 Å². The maximum Gasteiger partial charge on any atom is 0.251 e. The summed E-state index contributed by atoms with van der Waals surface area (Å²) in [6.45, 7) is 7.11. The molecule has 2 fully saturated rings. The molecular weight excluding hydrogens is 522 g/mol. The van der Waals surface area contributed by atoms with Crippen molar-refractivity contribution >= 4 is 23.4 Å². The highest BCUT2D eigenvalue weighted by molar-refractivity contribution is 6.07. The number of amides is 1. The van der Waals surface area contributed by atoms with Gasteiger partial charge >= 0.3 is 0 Å². The van der Waals surface area contributed by atoms with E-state index >= 15 is 0 Å². The Morgan fingerprint density at radius 1 is 1.02 bits per heavy atom. The zero-order valence-electron chi connectivity index (χ0n) is 25.0. The van der Waals surface area contributed by atoms with Gasteiger partial charge in [-0.25, -0.2) is 0 Å². The zero-order chi connectivity index (χ0) is 28.9. The molecule has 2 aliphatic heterocycles. The van der Waals surface area contributed by atoms with Crippen molar-refractivity contribution in [2.45, 2.75) is 51.6 Å². The number of carbonyl (C=O) groups excluding carboxylic acids is 1. The molecule has 6 nitrogen and oxygen atoms in total. The molecule has 0 atom stereocenters. The number of ether oxygens (including phenoxy) is 2. The van der Waals surface area contributed by atoms with Crippen molar-refractivity contribution < 1.29 is 14.3 Å². The Morgan fingerprint density at radius 3 is 2.57 bits per heavy atom. The van der Waals surface area contributed by atoms with E-state index in [0.29, 0.717) is 19.1 Å². The number of nitrogens with one attached hydrogen (secondary N) is 1. The molecule has 0 radical (unpaired) electrons. The molecule has 1 amide bonds. The average molecular weight is 566 g/mol. The van der Waals surface area contributed by atoms with E-state index in [9.17, 15) is 4.79 Å². The van der Waals surface area contributed by atoms with E-state index in [2.05, 4.69) is 64.6 Å². The van der Waals surface area contributed by atoms with Gasteiger partial charge in [0, 0.05) is 61.4 Å². The minimum atomic E-state index is -0.0265. The lowest BCUT2D eigenvalue weighted by atomic mass is 9.99. The number of fused-ring (bicyclic) bond motifs is 1. The van der Waals surface area contributed by atoms with Crippen LogP contribution < -0.4 is 15.0 Å². The van der Waals surface area contributed by atoms with Crippen LogP contribution >= 0.6 is 0 Å². The number of nitrogens with zero attached hydrogens (tertiary/aromatic N) is 2. The normalized spacial score (nSPS) is 17.4. The van der Waals surface area contributed by atoms with Gasteiger partial charge < -0.3 is 19.7 Å². The Kier molecular flexibility index (Phi) is 8.92. The molecule has 1 aliphatic carbocycles. The number of carbonyl (C=O) groups is 1. The van der Waals surface area contributed by atoms with E-state index in [0.717, 1.165) is 85.3 Å². The van der Waals surface area contributed by atoms with Crippen molar-refractivity contribution in [2.75, 3.05) is 50.2 Å². The predicted octanol–water partition coefficient (Wildman–Crippen LogP) is 7.01. The quantitative estimate of drug-likeness (QED) is 0.287. The molecule has 0 aromatic heterocycles. The Morgan fingerprint density at radius 2 is 1.81 bits per heavy atom.